The molecule has 1 fully saturated rings. The number of rotatable bonds is 6. The van der Waals surface area contributed by atoms with Crippen LogP contribution in [0.3, 0.4) is 0 Å². The Kier molecular flexibility index (Phi) is 7.18. The lowest BCUT2D eigenvalue weighted by Gasteiger charge is -2.32. The highest BCUT2D eigenvalue weighted by Crippen LogP contribution is 2.27. The topological polar surface area (TPSA) is 92.4 Å². The van der Waals surface area contributed by atoms with Crippen LogP contribution in [0.25, 0.3) is 10.9 Å². The van der Waals surface area contributed by atoms with Gasteiger partial charge in [-0.1, -0.05) is 36.3 Å². The predicted molar refractivity (Wildman–Crippen MR) is 147 cm³/mol. The van der Waals surface area contributed by atoms with Crippen LogP contribution >= 0.6 is 0 Å². The molecule has 0 unspecified atom stereocenters. The number of aromatic hydroxyl groups is 1. The fraction of sp³-hybridized carbons (Fsp3) is 0.300. The van der Waals surface area contributed by atoms with Gasteiger partial charge in [0.25, 0.3) is 5.91 Å². The molecule has 2 amide bonds. The van der Waals surface area contributed by atoms with E-state index >= 15 is 0 Å². The zero-order chi connectivity index (χ0) is 26.6. The van der Waals surface area contributed by atoms with Gasteiger partial charge in [0.2, 0.25) is 5.91 Å². The summed E-state index contributed by atoms with van der Waals surface area (Å²) in [7, 11) is 1.89. The molecule has 1 aliphatic heterocycles. The van der Waals surface area contributed by atoms with Crippen LogP contribution in [0.15, 0.2) is 67.0 Å². The van der Waals surface area contributed by atoms with Crippen LogP contribution in [0.5, 0.6) is 5.75 Å². The summed E-state index contributed by atoms with van der Waals surface area (Å²) in [6, 6.07) is 16.8. The number of piperidine rings is 1. The lowest BCUT2D eigenvalue weighted by molar-refractivity contribution is -0.132. The van der Waals surface area contributed by atoms with Gasteiger partial charge in [-0.25, -0.2) is 0 Å². The summed E-state index contributed by atoms with van der Waals surface area (Å²) in [4.78, 5) is 27.9. The summed E-state index contributed by atoms with van der Waals surface area (Å²) in [5, 5.41) is 18.0. The van der Waals surface area contributed by atoms with Gasteiger partial charge in [0.05, 0.1) is 23.8 Å². The Labute approximate surface area is 221 Å². The van der Waals surface area contributed by atoms with Crippen molar-refractivity contribution in [1.29, 1.82) is 0 Å². The maximum Gasteiger partial charge on any atom is 0.272 e. The number of nitrogens with zero attached hydrogens (tertiary/aromatic N) is 4. The summed E-state index contributed by atoms with van der Waals surface area (Å²) in [6.45, 7) is 3.05. The summed E-state index contributed by atoms with van der Waals surface area (Å²) in [5.41, 5.74) is 3.17. The van der Waals surface area contributed by atoms with Gasteiger partial charge in [-0.2, -0.15) is 5.10 Å². The molecule has 0 spiro atoms. The maximum atomic E-state index is 13.1. The van der Waals surface area contributed by atoms with Crippen LogP contribution in [0.1, 0.15) is 54.2 Å². The minimum atomic E-state index is -0.204. The summed E-state index contributed by atoms with van der Waals surface area (Å²) in [5.74, 6) is 5.95. The molecule has 0 saturated carbocycles. The highest BCUT2D eigenvalue weighted by Gasteiger charge is 2.26. The molecule has 5 rings (SSSR count). The zero-order valence-corrected chi connectivity index (χ0v) is 21.6. The van der Waals surface area contributed by atoms with Gasteiger partial charge < -0.3 is 19.9 Å². The molecule has 0 radical (unpaired) electrons. The van der Waals surface area contributed by atoms with E-state index in [1.54, 1.807) is 25.3 Å². The molecule has 2 N–H and O–H groups in total. The minimum absolute atomic E-state index is 0.0765. The molecule has 194 valence electrons. The Morgan fingerprint density at radius 1 is 1.13 bits per heavy atom. The monoisotopic (exact) mass is 509 g/mol. The molecule has 0 bridgehead atoms. The number of fused-ring (bicyclic) bond motifs is 1. The lowest BCUT2D eigenvalue weighted by atomic mass is 9.94. The number of carbonyl (C=O) groups excluding carboxylic acids is 2. The van der Waals surface area contributed by atoms with Crippen molar-refractivity contribution in [3.05, 3.63) is 78.2 Å². The first-order chi connectivity index (χ1) is 18.4. The Hall–Kier alpha value is -4.51. The first-order valence-corrected chi connectivity index (χ1v) is 12.8. The minimum Gasteiger partial charge on any atom is -0.508 e. The van der Waals surface area contributed by atoms with Gasteiger partial charge in [-0.05, 0) is 49.6 Å². The van der Waals surface area contributed by atoms with Crippen molar-refractivity contribution in [2.75, 3.05) is 18.4 Å². The van der Waals surface area contributed by atoms with Crippen molar-refractivity contribution in [1.82, 2.24) is 19.2 Å². The predicted octanol–water partition coefficient (Wildman–Crippen LogP) is 4.69. The summed E-state index contributed by atoms with van der Waals surface area (Å²) >= 11 is 0. The van der Waals surface area contributed by atoms with Gasteiger partial charge in [0.1, 0.15) is 11.4 Å². The first-order valence-electron chi connectivity index (χ1n) is 12.8. The van der Waals surface area contributed by atoms with E-state index in [1.165, 1.54) is 0 Å². The highest BCUT2D eigenvalue weighted by molar-refractivity contribution is 6.06. The van der Waals surface area contributed by atoms with E-state index in [0.717, 1.165) is 29.3 Å². The molecule has 1 atom stereocenters. The normalized spacial score (nSPS) is 14.6. The van der Waals surface area contributed by atoms with Gasteiger partial charge in [0, 0.05) is 43.7 Å². The Bertz CT molecular complexity index is 1510. The number of phenols is 1. The van der Waals surface area contributed by atoms with Crippen LogP contribution in [-0.2, 0) is 11.8 Å². The number of nitrogens with one attached hydrogen (secondary N) is 1. The summed E-state index contributed by atoms with van der Waals surface area (Å²) in [6.07, 6.45) is 5.41. The van der Waals surface area contributed by atoms with E-state index in [0.29, 0.717) is 30.9 Å². The van der Waals surface area contributed by atoms with Crippen LogP contribution < -0.4 is 5.32 Å². The van der Waals surface area contributed by atoms with Gasteiger partial charge >= 0.3 is 0 Å². The van der Waals surface area contributed by atoms with E-state index in [-0.39, 0.29) is 29.5 Å². The van der Waals surface area contributed by atoms with Crippen molar-refractivity contribution < 1.29 is 14.7 Å². The molecule has 1 aliphatic rings. The number of aryl methyl sites for hydroxylation is 1. The number of amides is 2. The average Bonchev–Trinajstić information content (AvgIpc) is 3.53. The summed E-state index contributed by atoms with van der Waals surface area (Å²) < 4.78 is 3.78. The third-order valence-corrected chi connectivity index (χ3v) is 7.23. The molecular weight excluding hydrogens is 478 g/mol. The number of carbonyl (C=O) groups is 2. The third-order valence-electron chi connectivity index (χ3n) is 7.23. The number of anilines is 1. The molecule has 8 heteroatoms. The number of hydrogen-bond acceptors (Lipinski definition) is 4. The van der Waals surface area contributed by atoms with Crippen molar-refractivity contribution in [2.45, 2.75) is 38.1 Å². The van der Waals surface area contributed by atoms with E-state index in [4.69, 9.17) is 0 Å². The van der Waals surface area contributed by atoms with Gasteiger partial charge in [-0.3, -0.25) is 14.3 Å². The fourth-order valence-corrected chi connectivity index (χ4v) is 5.12. The quantitative estimate of drug-likeness (QED) is 0.369. The first kappa shape index (κ1) is 25.2. The zero-order valence-electron chi connectivity index (χ0n) is 21.6. The second-order valence-corrected chi connectivity index (χ2v) is 9.67. The van der Waals surface area contributed by atoms with Crippen molar-refractivity contribution in [3.8, 4) is 17.6 Å². The standard InChI is InChI=1S/C30H31N5O3/c1-3-6-22(21-9-11-26(36)12-10-21)18-29(37)34-15-13-25(14-16-34)35-20-24(19-31-35)32-30(38)28-17-23-7-4-5-8-27(23)33(28)2/h4-5,7-12,17,19-20,22,25,36H,13-16,18H2,1-2H3,(H,32,38)/t22-/m0/s1. The molecule has 2 aromatic carbocycles. The molecular formula is C30H31N5O3. The number of benzene rings is 2. The average molecular weight is 510 g/mol. The molecule has 1 saturated heterocycles. The fourth-order valence-electron chi connectivity index (χ4n) is 5.12. The molecule has 38 heavy (non-hydrogen) atoms. The lowest BCUT2D eigenvalue weighted by Crippen LogP contribution is -2.39. The third kappa shape index (κ3) is 5.28. The molecule has 3 heterocycles. The van der Waals surface area contributed by atoms with Crippen LogP contribution in [0.2, 0.25) is 0 Å². The van der Waals surface area contributed by atoms with Gasteiger partial charge in [0.15, 0.2) is 0 Å². The largest absolute Gasteiger partial charge is 0.508 e. The molecule has 8 nitrogen and oxygen atoms in total. The Morgan fingerprint density at radius 3 is 2.58 bits per heavy atom. The van der Waals surface area contributed by atoms with E-state index in [9.17, 15) is 14.7 Å². The van der Waals surface area contributed by atoms with Crippen LogP contribution in [-0.4, -0.2) is 49.3 Å². The number of hydrogen-bond donors (Lipinski definition) is 2. The van der Waals surface area contributed by atoms with Gasteiger partial charge in [-0.15, -0.1) is 5.92 Å². The van der Waals surface area contributed by atoms with Crippen molar-refractivity contribution >= 4 is 28.4 Å². The number of phenolic OH excluding ortho intramolecular Hbond substituents is 1. The second kappa shape index (κ2) is 10.9. The van der Waals surface area contributed by atoms with E-state index < -0.39 is 0 Å². The molecule has 2 aromatic heterocycles. The van der Waals surface area contributed by atoms with Crippen molar-refractivity contribution in [3.63, 3.8) is 0 Å². The SMILES string of the molecule is CC#C[C@@H](CC(=O)N1CCC(n2cc(NC(=O)c3cc4ccccc4n3C)cn2)CC1)c1ccc(O)cc1. The van der Waals surface area contributed by atoms with E-state index in [1.807, 2.05) is 69.9 Å². The van der Waals surface area contributed by atoms with Crippen molar-refractivity contribution in [2.24, 2.45) is 7.05 Å². The van der Waals surface area contributed by atoms with E-state index in [2.05, 4.69) is 22.3 Å². The Morgan fingerprint density at radius 2 is 1.87 bits per heavy atom. The number of para-hydroxylation sites is 1. The second-order valence-electron chi connectivity index (χ2n) is 9.67. The number of likely N-dealkylation sites (tertiary alicyclic amines) is 1. The molecule has 0 aliphatic carbocycles. The van der Waals surface area contributed by atoms with Crippen LogP contribution in [0, 0.1) is 11.8 Å². The number of aromatic nitrogens is 3. The smallest absolute Gasteiger partial charge is 0.272 e. The molecule has 4 aromatic rings. The highest BCUT2D eigenvalue weighted by atomic mass is 16.3. The maximum absolute atomic E-state index is 13.1. The Balaban J connectivity index is 1.17. The van der Waals surface area contributed by atoms with Crippen LogP contribution in [0.4, 0.5) is 5.69 Å².